The van der Waals surface area contributed by atoms with Gasteiger partial charge < -0.3 is 9.64 Å². The molecule has 1 amide bonds. The van der Waals surface area contributed by atoms with Crippen molar-refractivity contribution in [3.8, 4) is 11.1 Å². The molecular weight excluding hydrogens is 436 g/mol. The summed E-state index contributed by atoms with van der Waals surface area (Å²) in [5.41, 5.74) is 2.23. The van der Waals surface area contributed by atoms with Gasteiger partial charge in [-0.05, 0) is 42.0 Å². The van der Waals surface area contributed by atoms with Crippen LogP contribution in [0.15, 0.2) is 42.5 Å². The maximum Gasteiger partial charge on any atom is 0.331 e. The molecule has 0 spiro atoms. The highest BCUT2D eigenvalue weighted by Gasteiger charge is 2.47. The highest BCUT2D eigenvalue weighted by atomic mass is 35.5. The Morgan fingerprint density at radius 3 is 2.42 bits per heavy atom. The second-order valence-electron chi connectivity index (χ2n) is 8.64. The molecule has 0 bridgehead atoms. The number of unbranched alkanes of at least 4 members (excludes halogenated alkanes) is 1. The Morgan fingerprint density at radius 2 is 1.82 bits per heavy atom. The highest BCUT2D eigenvalue weighted by molar-refractivity contribution is 6.31. The summed E-state index contributed by atoms with van der Waals surface area (Å²) in [5, 5.41) is 0.575. The van der Waals surface area contributed by atoms with Crippen LogP contribution in [0.5, 0.6) is 0 Å². The minimum Gasteiger partial charge on any atom is -0.467 e. The summed E-state index contributed by atoms with van der Waals surface area (Å²) in [6.45, 7) is 9.84. The fourth-order valence-corrected chi connectivity index (χ4v) is 4.83. The monoisotopic (exact) mass is 466 g/mol. The van der Waals surface area contributed by atoms with Gasteiger partial charge in [-0.3, -0.25) is 4.79 Å². The average molecular weight is 467 g/mol. The van der Waals surface area contributed by atoms with Crippen LogP contribution in [0.4, 0.5) is 5.69 Å². The van der Waals surface area contributed by atoms with E-state index in [2.05, 4.69) is 11.8 Å². The number of carbonyl (C=O) groups is 2. The molecule has 33 heavy (non-hydrogen) atoms. The number of carbonyl (C=O) groups excluding carboxylic acids is 2. The maximum atomic E-state index is 13.3. The van der Waals surface area contributed by atoms with E-state index in [-0.39, 0.29) is 11.9 Å². The zero-order chi connectivity index (χ0) is 23.8. The van der Waals surface area contributed by atoms with Crippen LogP contribution in [0.25, 0.3) is 16.0 Å². The third-order valence-electron chi connectivity index (χ3n) is 6.49. The van der Waals surface area contributed by atoms with E-state index in [0.717, 1.165) is 48.8 Å². The molecule has 174 valence electrons. The van der Waals surface area contributed by atoms with Gasteiger partial charge >= 0.3 is 5.97 Å². The third-order valence-corrected chi connectivity index (χ3v) is 6.73. The number of ether oxygens (including phenoxy) is 1. The smallest absolute Gasteiger partial charge is 0.331 e. The predicted octanol–water partition coefficient (Wildman–Crippen LogP) is 6.95. The van der Waals surface area contributed by atoms with Crippen LogP contribution < -0.4 is 0 Å². The van der Waals surface area contributed by atoms with Gasteiger partial charge in [0.25, 0.3) is 0 Å². The summed E-state index contributed by atoms with van der Waals surface area (Å²) in [7, 11) is 1.40. The van der Waals surface area contributed by atoms with Crippen molar-refractivity contribution in [2.75, 3.05) is 7.11 Å². The number of esters is 1. The molecule has 1 fully saturated rings. The van der Waals surface area contributed by atoms with Crippen LogP contribution in [-0.2, 0) is 20.9 Å². The number of hydrogen-bond acceptors (Lipinski definition) is 3. The van der Waals surface area contributed by atoms with Crippen LogP contribution in [0, 0.1) is 6.57 Å². The summed E-state index contributed by atoms with van der Waals surface area (Å²) in [6.07, 6.45) is 6.26. The zero-order valence-corrected chi connectivity index (χ0v) is 20.2. The highest BCUT2D eigenvalue weighted by Crippen LogP contribution is 2.37. The molecule has 2 aromatic carbocycles. The summed E-state index contributed by atoms with van der Waals surface area (Å²) >= 11 is 6.15. The second kappa shape index (κ2) is 11.3. The van der Waals surface area contributed by atoms with Gasteiger partial charge in [-0.15, -0.1) is 0 Å². The van der Waals surface area contributed by atoms with Gasteiger partial charge in [0.1, 0.15) is 5.54 Å². The molecule has 0 N–H and O–H groups in total. The molecule has 3 rings (SSSR count). The van der Waals surface area contributed by atoms with Crippen LogP contribution in [0.2, 0.25) is 5.02 Å². The fourth-order valence-electron chi connectivity index (χ4n) is 4.66. The summed E-state index contributed by atoms with van der Waals surface area (Å²) < 4.78 is 5.21. The molecule has 6 heteroatoms. The van der Waals surface area contributed by atoms with Crippen molar-refractivity contribution in [3.05, 3.63) is 64.5 Å². The molecule has 0 saturated heterocycles. The van der Waals surface area contributed by atoms with Gasteiger partial charge in [0.2, 0.25) is 5.91 Å². The average Bonchev–Trinajstić information content (AvgIpc) is 2.86. The molecule has 0 unspecified atom stereocenters. The lowest BCUT2D eigenvalue weighted by molar-refractivity contribution is -0.166. The zero-order valence-electron chi connectivity index (χ0n) is 19.4. The number of hydrogen-bond donors (Lipinski definition) is 0. The van der Waals surface area contributed by atoms with Crippen molar-refractivity contribution in [3.63, 3.8) is 0 Å². The topological polar surface area (TPSA) is 51.0 Å². The largest absolute Gasteiger partial charge is 0.467 e. The Labute approximate surface area is 201 Å². The van der Waals surface area contributed by atoms with Gasteiger partial charge in [-0.25, -0.2) is 9.64 Å². The molecule has 0 radical (unpaired) electrons. The van der Waals surface area contributed by atoms with E-state index >= 15 is 0 Å². The molecular formula is C27H31ClN2O3. The first-order valence-electron chi connectivity index (χ1n) is 11.6. The van der Waals surface area contributed by atoms with Crippen molar-refractivity contribution in [2.24, 2.45) is 0 Å². The Hall–Kier alpha value is -2.84. The first kappa shape index (κ1) is 24.8. The van der Waals surface area contributed by atoms with E-state index in [4.69, 9.17) is 22.9 Å². The summed E-state index contributed by atoms with van der Waals surface area (Å²) in [5.74, 6) is -0.317. The Morgan fingerprint density at radius 1 is 1.12 bits per heavy atom. The second-order valence-corrected chi connectivity index (χ2v) is 9.07. The van der Waals surface area contributed by atoms with Crippen molar-refractivity contribution >= 4 is 29.2 Å². The lowest BCUT2D eigenvalue weighted by Crippen LogP contribution is -2.58. The van der Waals surface area contributed by atoms with Gasteiger partial charge in [0.15, 0.2) is 5.69 Å². The van der Waals surface area contributed by atoms with Gasteiger partial charge in [-0.1, -0.05) is 80.6 Å². The van der Waals surface area contributed by atoms with E-state index in [1.807, 2.05) is 24.3 Å². The lowest BCUT2D eigenvalue weighted by Gasteiger charge is -2.44. The van der Waals surface area contributed by atoms with Crippen molar-refractivity contribution in [1.82, 2.24) is 4.90 Å². The van der Waals surface area contributed by atoms with E-state index in [9.17, 15) is 9.59 Å². The van der Waals surface area contributed by atoms with Crippen molar-refractivity contribution < 1.29 is 14.3 Å². The molecule has 5 nitrogen and oxygen atoms in total. The van der Waals surface area contributed by atoms with E-state index < -0.39 is 5.54 Å². The molecule has 1 aliphatic carbocycles. The fraction of sp³-hybridized carbons (Fsp3) is 0.444. The molecule has 1 saturated carbocycles. The number of methoxy groups -OCH3 is 1. The molecule has 0 aliphatic heterocycles. The minimum atomic E-state index is -0.902. The Balaban J connectivity index is 1.93. The van der Waals surface area contributed by atoms with Crippen LogP contribution in [-0.4, -0.2) is 29.4 Å². The first-order chi connectivity index (χ1) is 15.9. The Kier molecular flexibility index (Phi) is 8.52. The number of amides is 1. The summed E-state index contributed by atoms with van der Waals surface area (Å²) in [4.78, 5) is 31.7. The number of halogens is 1. The van der Waals surface area contributed by atoms with Gasteiger partial charge in [-0.2, -0.15) is 0 Å². The van der Waals surface area contributed by atoms with Gasteiger partial charge in [0.05, 0.1) is 13.7 Å². The van der Waals surface area contributed by atoms with Crippen molar-refractivity contribution in [2.45, 2.75) is 70.4 Å². The number of nitrogens with zero attached hydrogens (tertiary/aromatic N) is 2. The van der Waals surface area contributed by atoms with Crippen molar-refractivity contribution in [1.29, 1.82) is 0 Å². The first-order valence-corrected chi connectivity index (χ1v) is 12.0. The van der Waals surface area contributed by atoms with Gasteiger partial charge in [0, 0.05) is 18.0 Å². The minimum absolute atomic E-state index is 0.00152. The van der Waals surface area contributed by atoms with E-state index in [1.54, 1.807) is 23.1 Å². The van der Waals surface area contributed by atoms with Crippen LogP contribution >= 0.6 is 11.6 Å². The van der Waals surface area contributed by atoms with Crippen LogP contribution in [0.1, 0.15) is 63.9 Å². The standard InChI is InChI=1S/C27H31ClN2O3/c1-4-5-9-25(31)30(27(26(32)33-3)16-7-6-8-17-27)19-20-10-12-21(13-11-20)23-18-22(28)14-15-24(23)29-2/h10-15,18H,4-9,16-17,19H2,1,3H3. The maximum absolute atomic E-state index is 13.3. The quantitative estimate of drug-likeness (QED) is 0.312. The number of rotatable bonds is 8. The normalized spacial score (nSPS) is 14.8. The Bertz CT molecular complexity index is 1020. The SMILES string of the molecule is [C-]#[N+]c1ccc(Cl)cc1-c1ccc(CN(C(=O)CCCC)C2(C(=O)OC)CCCCC2)cc1. The molecule has 1 aliphatic rings. The van der Waals surface area contributed by atoms with E-state index in [1.165, 1.54) is 7.11 Å². The third kappa shape index (κ3) is 5.57. The summed E-state index contributed by atoms with van der Waals surface area (Å²) in [6, 6.07) is 13.0. The predicted molar refractivity (Wildman–Crippen MR) is 131 cm³/mol. The molecule has 0 atom stereocenters. The molecule has 2 aromatic rings. The number of benzene rings is 2. The molecule has 0 aromatic heterocycles. The molecule has 0 heterocycles. The van der Waals surface area contributed by atoms with E-state index in [0.29, 0.717) is 36.5 Å². The lowest BCUT2D eigenvalue weighted by atomic mass is 9.79. The van der Waals surface area contributed by atoms with Crippen LogP contribution in [0.3, 0.4) is 0 Å².